The van der Waals surface area contributed by atoms with Crippen LogP contribution in [0.4, 0.5) is 5.69 Å². The van der Waals surface area contributed by atoms with Crippen molar-refractivity contribution in [3.63, 3.8) is 0 Å². The van der Waals surface area contributed by atoms with Crippen LogP contribution in [0.1, 0.15) is 17.3 Å². The van der Waals surface area contributed by atoms with Crippen molar-refractivity contribution in [3.05, 3.63) is 23.8 Å². The summed E-state index contributed by atoms with van der Waals surface area (Å²) in [5.74, 6) is -1.07. The van der Waals surface area contributed by atoms with Gasteiger partial charge in [0.15, 0.2) is 6.10 Å². The smallest absolute Gasteiger partial charge is 0.337 e. The zero-order chi connectivity index (χ0) is 15.1. The van der Waals surface area contributed by atoms with E-state index in [-0.39, 0.29) is 17.2 Å². The van der Waals surface area contributed by atoms with Crippen molar-refractivity contribution >= 4 is 17.6 Å². The number of carbonyl (C=O) groups excluding carboxylic acids is 1. The fourth-order valence-corrected chi connectivity index (χ4v) is 1.49. The van der Waals surface area contributed by atoms with Gasteiger partial charge in [0.1, 0.15) is 5.75 Å². The number of aromatic carboxylic acids is 1. The van der Waals surface area contributed by atoms with Crippen LogP contribution in [-0.4, -0.2) is 43.3 Å². The van der Waals surface area contributed by atoms with Gasteiger partial charge in [0.2, 0.25) is 0 Å². The number of carbonyl (C=O) groups is 2. The summed E-state index contributed by atoms with van der Waals surface area (Å²) in [6.45, 7) is 2.39. The average Bonchev–Trinajstić information content (AvgIpc) is 2.38. The fraction of sp³-hybridized carbons (Fsp3) is 0.385. The summed E-state index contributed by atoms with van der Waals surface area (Å²) >= 11 is 0. The van der Waals surface area contributed by atoms with Gasteiger partial charge in [-0.15, -0.1) is 0 Å². The van der Waals surface area contributed by atoms with E-state index in [0.29, 0.717) is 18.9 Å². The molecule has 4 N–H and O–H groups in total. The highest BCUT2D eigenvalue weighted by Crippen LogP contribution is 2.20. The van der Waals surface area contributed by atoms with E-state index >= 15 is 0 Å². The average molecular weight is 282 g/mol. The number of ether oxygens (including phenoxy) is 2. The minimum Gasteiger partial charge on any atom is -0.481 e. The van der Waals surface area contributed by atoms with Crippen LogP contribution in [0.25, 0.3) is 0 Å². The normalized spacial score (nSPS) is 11.7. The SMILES string of the molecule is COCCNC(=O)C(C)Oc1ccc(C(=O)O)c(N)c1. The summed E-state index contributed by atoms with van der Waals surface area (Å²) in [5.41, 5.74) is 5.67. The van der Waals surface area contributed by atoms with Gasteiger partial charge < -0.3 is 25.6 Å². The summed E-state index contributed by atoms with van der Waals surface area (Å²) in [4.78, 5) is 22.5. The Kier molecular flexibility index (Phi) is 5.79. The van der Waals surface area contributed by atoms with Crippen molar-refractivity contribution in [1.82, 2.24) is 5.32 Å². The van der Waals surface area contributed by atoms with Crippen molar-refractivity contribution in [2.45, 2.75) is 13.0 Å². The Bertz CT molecular complexity index is 490. The third-order valence-electron chi connectivity index (χ3n) is 2.54. The Morgan fingerprint density at radius 1 is 1.45 bits per heavy atom. The Labute approximate surface area is 116 Å². The minimum absolute atomic E-state index is 0.00505. The molecule has 0 heterocycles. The molecule has 0 radical (unpaired) electrons. The molecule has 0 fully saturated rings. The maximum atomic E-state index is 11.7. The van der Waals surface area contributed by atoms with Gasteiger partial charge in [-0.05, 0) is 19.1 Å². The number of anilines is 1. The van der Waals surface area contributed by atoms with E-state index in [1.165, 1.54) is 18.2 Å². The number of nitrogens with two attached hydrogens (primary N) is 1. The number of methoxy groups -OCH3 is 1. The number of nitrogens with one attached hydrogen (secondary N) is 1. The number of hydrogen-bond donors (Lipinski definition) is 3. The molecule has 0 aliphatic heterocycles. The van der Waals surface area contributed by atoms with Crippen molar-refractivity contribution < 1.29 is 24.2 Å². The molecule has 0 saturated carbocycles. The topological polar surface area (TPSA) is 111 Å². The second-order valence-corrected chi connectivity index (χ2v) is 4.10. The molecule has 0 saturated heterocycles. The van der Waals surface area contributed by atoms with E-state index in [1.807, 2.05) is 0 Å². The lowest BCUT2D eigenvalue weighted by atomic mass is 10.2. The molecule has 0 aliphatic carbocycles. The number of nitrogen functional groups attached to an aromatic ring is 1. The molecule has 1 amide bonds. The lowest BCUT2D eigenvalue weighted by Gasteiger charge is -2.15. The minimum atomic E-state index is -1.11. The molecule has 1 aromatic rings. The number of rotatable bonds is 7. The molecular weight excluding hydrogens is 264 g/mol. The summed E-state index contributed by atoms with van der Waals surface area (Å²) in [6, 6.07) is 4.17. The Morgan fingerprint density at radius 3 is 2.70 bits per heavy atom. The predicted molar refractivity (Wildman–Crippen MR) is 72.8 cm³/mol. The second-order valence-electron chi connectivity index (χ2n) is 4.10. The van der Waals surface area contributed by atoms with Crippen LogP contribution in [0.3, 0.4) is 0 Å². The molecule has 0 aliphatic rings. The molecule has 0 bridgehead atoms. The number of benzene rings is 1. The third-order valence-corrected chi connectivity index (χ3v) is 2.54. The predicted octanol–water partition coefficient (Wildman–Crippen LogP) is 0.497. The first-order valence-corrected chi connectivity index (χ1v) is 6.01. The van der Waals surface area contributed by atoms with Crippen LogP contribution in [0, 0.1) is 0 Å². The van der Waals surface area contributed by atoms with Gasteiger partial charge in [0.25, 0.3) is 5.91 Å². The van der Waals surface area contributed by atoms with Crippen molar-refractivity contribution in [1.29, 1.82) is 0 Å². The zero-order valence-corrected chi connectivity index (χ0v) is 11.4. The quantitative estimate of drug-likeness (QED) is 0.496. The Balaban J connectivity index is 2.62. The maximum Gasteiger partial charge on any atom is 0.337 e. The van der Waals surface area contributed by atoms with Crippen molar-refractivity contribution in [2.75, 3.05) is 26.0 Å². The van der Waals surface area contributed by atoms with Crippen LogP contribution < -0.4 is 15.8 Å². The summed E-state index contributed by atoms with van der Waals surface area (Å²) in [5, 5.41) is 11.5. The molecule has 0 spiro atoms. The standard InChI is InChI=1S/C13H18N2O5/c1-8(12(16)15-5-6-19-2)20-9-3-4-10(13(17)18)11(14)7-9/h3-4,7-8H,5-6,14H2,1-2H3,(H,15,16)(H,17,18). The lowest BCUT2D eigenvalue weighted by molar-refractivity contribution is -0.127. The third kappa shape index (κ3) is 4.43. The van der Waals surface area contributed by atoms with Gasteiger partial charge in [-0.3, -0.25) is 4.79 Å². The molecule has 1 rings (SSSR count). The van der Waals surface area contributed by atoms with Crippen LogP contribution in [0.2, 0.25) is 0 Å². The van der Waals surface area contributed by atoms with Crippen molar-refractivity contribution in [3.8, 4) is 5.75 Å². The Morgan fingerprint density at radius 2 is 2.15 bits per heavy atom. The van der Waals surface area contributed by atoms with Gasteiger partial charge in [-0.2, -0.15) is 0 Å². The largest absolute Gasteiger partial charge is 0.481 e. The molecule has 110 valence electrons. The van der Waals surface area contributed by atoms with Crippen LogP contribution in [0.15, 0.2) is 18.2 Å². The van der Waals surface area contributed by atoms with E-state index in [4.69, 9.17) is 20.3 Å². The molecule has 0 aromatic heterocycles. The highest BCUT2D eigenvalue weighted by molar-refractivity contribution is 5.93. The highest BCUT2D eigenvalue weighted by atomic mass is 16.5. The first-order valence-electron chi connectivity index (χ1n) is 6.01. The molecular formula is C13H18N2O5. The first-order chi connectivity index (χ1) is 9.45. The number of amides is 1. The Hall–Kier alpha value is -2.28. The highest BCUT2D eigenvalue weighted by Gasteiger charge is 2.15. The van der Waals surface area contributed by atoms with Gasteiger partial charge in [-0.25, -0.2) is 4.79 Å². The van der Waals surface area contributed by atoms with E-state index in [0.717, 1.165) is 0 Å². The maximum absolute atomic E-state index is 11.7. The fourth-order valence-electron chi connectivity index (χ4n) is 1.49. The van der Waals surface area contributed by atoms with Gasteiger partial charge in [0.05, 0.1) is 12.2 Å². The zero-order valence-electron chi connectivity index (χ0n) is 11.4. The summed E-state index contributed by atoms with van der Waals surface area (Å²) in [7, 11) is 1.54. The molecule has 1 unspecified atom stereocenters. The van der Waals surface area contributed by atoms with Crippen molar-refractivity contribution in [2.24, 2.45) is 0 Å². The molecule has 7 heteroatoms. The van der Waals surface area contributed by atoms with Gasteiger partial charge in [0, 0.05) is 25.4 Å². The van der Waals surface area contributed by atoms with E-state index in [9.17, 15) is 9.59 Å². The lowest BCUT2D eigenvalue weighted by Crippen LogP contribution is -2.37. The molecule has 7 nitrogen and oxygen atoms in total. The number of hydrogen-bond acceptors (Lipinski definition) is 5. The van der Waals surface area contributed by atoms with Crippen LogP contribution in [-0.2, 0) is 9.53 Å². The van der Waals surface area contributed by atoms with E-state index in [2.05, 4.69) is 5.32 Å². The number of carboxylic acids is 1. The molecule has 1 atom stereocenters. The molecule has 1 aromatic carbocycles. The van der Waals surface area contributed by atoms with E-state index in [1.54, 1.807) is 14.0 Å². The van der Waals surface area contributed by atoms with Crippen LogP contribution >= 0.6 is 0 Å². The monoisotopic (exact) mass is 282 g/mol. The van der Waals surface area contributed by atoms with E-state index < -0.39 is 12.1 Å². The summed E-state index contributed by atoms with van der Waals surface area (Å²) < 4.78 is 10.2. The van der Waals surface area contributed by atoms with Gasteiger partial charge >= 0.3 is 5.97 Å². The number of carboxylic acid groups (broad SMARTS) is 1. The van der Waals surface area contributed by atoms with Gasteiger partial charge in [-0.1, -0.05) is 0 Å². The summed E-state index contributed by atoms with van der Waals surface area (Å²) in [6.07, 6.45) is -0.720. The first kappa shape index (κ1) is 15.8. The molecule has 20 heavy (non-hydrogen) atoms. The van der Waals surface area contributed by atoms with Crippen LogP contribution in [0.5, 0.6) is 5.75 Å². The second kappa shape index (κ2) is 7.34.